The van der Waals surface area contributed by atoms with Crippen LogP contribution in [0.5, 0.6) is 11.5 Å². The second kappa shape index (κ2) is 5.80. The van der Waals surface area contributed by atoms with Crippen molar-refractivity contribution < 1.29 is 19.6 Å². The molecule has 0 fully saturated rings. The number of rotatable bonds is 4. The number of aromatic carboxylic acids is 1. The largest absolute Gasteiger partial charge is 0.478 e. The molecular weight excluding hydrogens is 298 g/mol. The van der Waals surface area contributed by atoms with Gasteiger partial charge in [0, 0.05) is 11.1 Å². The first-order chi connectivity index (χ1) is 9.86. The summed E-state index contributed by atoms with van der Waals surface area (Å²) in [5.41, 5.74) is 0.382. The summed E-state index contributed by atoms with van der Waals surface area (Å²) in [7, 11) is 0. The number of benzene rings is 2. The van der Waals surface area contributed by atoms with Gasteiger partial charge >= 0.3 is 5.97 Å². The Morgan fingerprint density at radius 1 is 1.29 bits per heavy atom. The molecule has 0 aromatic heterocycles. The number of ether oxygens (including phenoxy) is 1. The monoisotopic (exact) mass is 307 g/mol. The van der Waals surface area contributed by atoms with Crippen LogP contribution in [0.2, 0.25) is 5.02 Å². The second-order valence-electron chi connectivity index (χ2n) is 4.31. The Labute approximate surface area is 124 Å². The van der Waals surface area contributed by atoms with Crippen molar-refractivity contribution in [1.29, 1.82) is 0 Å². The van der Waals surface area contributed by atoms with E-state index in [-0.39, 0.29) is 27.8 Å². The summed E-state index contributed by atoms with van der Waals surface area (Å²) in [6.45, 7) is 1.68. The molecule has 0 aliphatic carbocycles. The molecule has 7 heteroatoms. The summed E-state index contributed by atoms with van der Waals surface area (Å²) in [5.74, 6) is -0.951. The Kier molecular flexibility index (Phi) is 4.09. The third kappa shape index (κ3) is 3.49. The Bertz CT molecular complexity index is 729. The van der Waals surface area contributed by atoms with Gasteiger partial charge in [-0.05, 0) is 36.8 Å². The maximum atomic E-state index is 11.2. The maximum absolute atomic E-state index is 11.2. The highest BCUT2D eigenvalue weighted by atomic mass is 35.5. The molecule has 0 amide bonds. The van der Waals surface area contributed by atoms with Crippen LogP contribution in [-0.2, 0) is 0 Å². The average molecular weight is 308 g/mol. The molecule has 0 aliphatic rings. The lowest BCUT2D eigenvalue weighted by Crippen LogP contribution is -2.00. The molecule has 0 radical (unpaired) electrons. The van der Waals surface area contributed by atoms with Crippen molar-refractivity contribution in [2.45, 2.75) is 6.92 Å². The van der Waals surface area contributed by atoms with Gasteiger partial charge in [-0.2, -0.15) is 0 Å². The van der Waals surface area contributed by atoms with E-state index in [9.17, 15) is 14.9 Å². The van der Waals surface area contributed by atoms with Crippen LogP contribution in [0.3, 0.4) is 0 Å². The minimum absolute atomic E-state index is 0.0618. The lowest BCUT2D eigenvalue weighted by molar-refractivity contribution is -0.385. The van der Waals surface area contributed by atoms with Crippen molar-refractivity contribution >= 4 is 23.3 Å². The van der Waals surface area contributed by atoms with Crippen LogP contribution in [-0.4, -0.2) is 16.0 Å². The van der Waals surface area contributed by atoms with Crippen LogP contribution in [0.15, 0.2) is 36.4 Å². The summed E-state index contributed by atoms with van der Waals surface area (Å²) in [5, 5.41) is 20.2. The van der Waals surface area contributed by atoms with Gasteiger partial charge in [-0.1, -0.05) is 11.6 Å². The number of halogens is 1. The van der Waals surface area contributed by atoms with Crippen molar-refractivity contribution in [3.05, 3.63) is 62.7 Å². The van der Waals surface area contributed by atoms with E-state index in [0.717, 1.165) is 0 Å². The zero-order chi connectivity index (χ0) is 15.6. The van der Waals surface area contributed by atoms with Crippen LogP contribution in [0.4, 0.5) is 5.69 Å². The fourth-order valence-electron chi connectivity index (χ4n) is 1.78. The van der Waals surface area contributed by atoms with E-state index < -0.39 is 10.9 Å². The predicted molar refractivity (Wildman–Crippen MR) is 76.3 cm³/mol. The van der Waals surface area contributed by atoms with E-state index in [4.69, 9.17) is 21.4 Å². The van der Waals surface area contributed by atoms with Gasteiger partial charge in [0.1, 0.15) is 17.1 Å². The molecule has 0 saturated heterocycles. The number of non-ortho nitro benzene ring substituents is 1. The number of carbonyl (C=O) groups is 1. The van der Waals surface area contributed by atoms with Gasteiger partial charge < -0.3 is 9.84 Å². The number of carboxylic acid groups (broad SMARTS) is 1. The van der Waals surface area contributed by atoms with Gasteiger partial charge in [-0.15, -0.1) is 0 Å². The minimum Gasteiger partial charge on any atom is -0.478 e. The molecule has 0 spiro atoms. The van der Waals surface area contributed by atoms with Crippen LogP contribution < -0.4 is 4.74 Å². The van der Waals surface area contributed by atoms with Crippen molar-refractivity contribution in [1.82, 2.24) is 0 Å². The highest BCUT2D eigenvalue weighted by Gasteiger charge is 2.15. The molecule has 1 N–H and O–H groups in total. The van der Waals surface area contributed by atoms with Crippen molar-refractivity contribution in [2.75, 3.05) is 0 Å². The van der Waals surface area contributed by atoms with Crippen LogP contribution in [0.1, 0.15) is 15.9 Å². The van der Waals surface area contributed by atoms with Crippen LogP contribution >= 0.6 is 11.6 Å². The number of nitro groups is 1. The first kappa shape index (κ1) is 14.8. The Morgan fingerprint density at radius 2 is 2.00 bits per heavy atom. The highest BCUT2D eigenvalue weighted by molar-refractivity contribution is 6.31. The molecule has 0 saturated carbocycles. The van der Waals surface area contributed by atoms with Crippen LogP contribution in [0.25, 0.3) is 0 Å². The van der Waals surface area contributed by atoms with E-state index in [1.165, 1.54) is 30.3 Å². The predicted octanol–water partition coefficient (Wildman–Crippen LogP) is 4.05. The lowest BCUT2D eigenvalue weighted by Gasteiger charge is -2.09. The SMILES string of the molecule is Cc1cc(Oc2ccc(Cl)cc2C(=O)O)cc([N+](=O)[O-])c1. The third-order valence-corrected chi connectivity index (χ3v) is 2.88. The molecule has 0 unspecified atom stereocenters. The number of hydrogen-bond acceptors (Lipinski definition) is 4. The van der Waals surface area contributed by atoms with Gasteiger partial charge in [0.15, 0.2) is 0 Å². The number of nitro benzene ring substituents is 1. The van der Waals surface area contributed by atoms with E-state index in [2.05, 4.69) is 0 Å². The number of aryl methyl sites for hydroxylation is 1. The zero-order valence-corrected chi connectivity index (χ0v) is 11.6. The molecular formula is C14H10ClNO5. The lowest BCUT2D eigenvalue weighted by atomic mass is 10.2. The Hall–Kier alpha value is -2.60. The number of hydrogen-bond donors (Lipinski definition) is 1. The Balaban J connectivity index is 2.43. The average Bonchev–Trinajstić information content (AvgIpc) is 2.40. The summed E-state index contributed by atoms with van der Waals surface area (Å²) in [4.78, 5) is 21.4. The maximum Gasteiger partial charge on any atom is 0.339 e. The normalized spacial score (nSPS) is 10.2. The molecule has 0 bridgehead atoms. The zero-order valence-electron chi connectivity index (χ0n) is 10.9. The molecule has 108 valence electrons. The van der Waals surface area contributed by atoms with E-state index in [1.807, 2.05) is 0 Å². The van der Waals surface area contributed by atoms with Crippen LogP contribution in [0, 0.1) is 17.0 Å². The van der Waals surface area contributed by atoms with E-state index in [0.29, 0.717) is 5.56 Å². The summed E-state index contributed by atoms with van der Waals surface area (Å²) in [6, 6.07) is 8.34. The molecule has 6 nitrogen and oxygen atoms in total. The van der Waals surface area contributed by atoms with Crippen molar-refractivity contribution in [3.63, 3.8) is 0 Å². The van der Waals surface area contributed by atoms with Gasteiger partial charge in [-0.25, -0.2) is 4.79 Å². The quantitative estimate of drug-likeness (QED) is 0.680. The fourth-order valence-corrected chi connectivity index (χ4v) is 1.95. The second-order valence-corrected chi connectivity index (χ2v) is 4.75. The molecule has 0 atom stereocenters. The Morgan fingerprint density at radius 3 is 2.62 bits per heavy atom. The summed E-state index contributed by atoms with van der Waals surface area (Å²) in [6.07, 6.45) is 0. The molecule has 2 aromatic rings. The molecule has 0 aliphatic heterocycles. The summed E-state index contributed by atoms with van der Waals surface area (Å²) >= 11 is 5.75. The first-order valence-electron chi connectivity index (χ1n) is 5.83. The van der Waals surface area contributed by atoms with E-state index >= 15 is 0 Å². The standard InChI is InChI=1S/C14H10ClNO5/c1-8-4-10(16(19)20)7-11(5-8)21-13-3-2-9(15)6-12(13)14(17)18/h2-7H,1H3,(H,17,18). The first-order valence-corrected chi connectivity index (χ1v) is 6.21. The van der Waals surface area contributed by atoms with E-state index in [1.54, 1.807) is 13.0 Å². The number of carboxylic acids is 1. The van der Waals surface area contributed by atoms with Crippen molar-refractivity contribution in [3.8, 4) is 11.5 Å². The smallest absolute Gasteiger partial charge is 0.339 e. The van der Waals surface area contributed by atoms with Gasteiger partial charge in [-0.3, -0.25) is 10.1 Å². The van der Waals surface area contributed by atoms with Gasteiger partial charge in [0.2, 0.25) is 0 Å². The minimum atomic E-state index is -1.20. The van der Waals surface area contributed by atoms with Gasteiger partial charge in [0.05, 0.1) is 11.0 Å². The number of nitrogens with zero attached hydrogens (tertiary/aromatic N) is 1. The highest BCUT2D eigenvalue weighted by Crippen LogP contribution is 2.30. The molecule has 2 aromatic carbocycles. The topological polar surface area (TPSA) is 89.7 Å². The molecule has 21 heavy (non-hydrogen) atoms. The molecule has 2 rings (SSSR count). The molecule has 0 heterocycles. The third-order valence-electron chi connectivity index (χ3n) is 2.65. The summed E-state index contributed by atoms with van der Waals surface area (Å²) < 4.78 is 5.45. The fraction of sp³-hybridized carbons (Fsp3) is 0.0714. The van der Waals surface area contributed by atoms with Gasteiger partial charge in [0.25, 0.3) is 5.69 Å². The van der Waals surface area contributed by atoms with Crippen molar-refractivity contribution in [2.24, 2.45) is 0 Å².